The highest BCUT2D eigenvalue weighted by Gasteiger charge is 2.25. The number of hydrogen-bond acceptors (Lipinski definition) is 5. The molecule has 1 saturated heterocycles. The van der Waals surface area contributed by atoms with Gasteiger partial charge in [0, 0.05) is 32.2 Å². The lowest BCUT2D eigenvalue weighted by atomic mass is 10.2. The van der Waals surface area contributed by atoms with Gasteiger partial charge in [-0.25, -0.2) is 8.42 Å². The fourth-order valence-electron chi connectivity index (χ4n) is 3.21. The summed E-state index contributed by atoms with van der Waals surface area (Å²) >= 11 is 0. The highest BCUT2D eigenvalue weighted by atomic mass is 32.2. The van der Waals surface area contributed by atoms with Crippen molar-refractivity contribution in [1.82, 2.24) is 14.5 Å². The van der Waals surface area contributed by atoms with Crippen LogP contribution in [0, 0.1) is 0 Å². The third-order valence-corrected chi connectivity index (χ3v) is 6.51. The molecule has 0 spiro atoms. The van der Waals surface area contributed by atoms with E-state index in [-0.39, 0.29) is 23.3 Å². The number of benzene rings is 1. The highest BCUT2D eigenvalue weighted by Crippen LogP contribution is 2.18. The maximum Gasteiger partial charge on any atom is 0.243 e. The van der Waals surface area contributed by atoms with Gasteiger partial charge in [-0.05, 0) is 50.2 Å². The maximum atomic E-state index is 12.6. The third kappa shape index (κ3) is 5.75. The Morgan fingerprint density at radius 3 is 2.52 bits per heavy atom. The van der Waals surface area contributed by atoms with E-state index >= 15 is 0 Å². The van der Waals surface area contributed by atoms with Gasteiger partial charge in [0.2, 0.25) is 21.8 Å². The molecule has 0 aromatic heterocycles. The number of carbonyl (C=O) groups excluding carboxylic acids is 2. The van der Waals surface area contributed by atoms with Crippen molar-refractivity contribution in [3.8, 4) is 0 Å². The van der Waals surface area contributed by atoms with Crippen molar-refractivity contribution in [1.29, 1.82) is 0 Å². The minimum atomic E-state index is -3.78. The number of likely N-dealkylation sites (N-methyl/N-ethyl adjacent to an activating group) is 2. The van der Waals surface area contributed by atoms with Crippen LogP contribution in [0.2, 0.25) is 0 Å². The average molecular weight is 397 g/mol. The lowest BCUT2D eigenvalue weighted by Crippen LogP contribution is -2.44. The van der Waals surface area contributed by atoms with Gasteiger partial charge in [-0.2, -0.15) is 4.31 Å². The van der Waals surface area contributed by atoms with Gasteiger partial charge < -0.3 is 10.6 Å². The average Bonchev–Trinajstić information content (AvgIpc) is 3.07. The number of hydrogen-bond donors (Lipinski definition) is 2. The summed E-state index contributed by atoms with van der Waals surface area (Å²) in [6, 6.07) is 6.17. The van der Waals surface area contributed by atoms with Crippen LogP contribution in [0.15, 0.2) is 29.2 Å². The Labute approximate surface area is 161 Å². The highest BCUT2D eigenvalue weighted by molar-refractivity contribution is 7.89. The van der Waals surface area contributed by atoms with Crippen LogP contribution in [0.4, 0.5) is 5.69 Å². The molecule has 1 aliphatic rings. The second-order valence-electron chi connectivity index (χ2n) is 6.70. The molecule has 0 aliphatic carbocycles. The maximum absolute atomic E-state index is 12.6. The Morgan fingerprint density at radius 2 is 1.93 bits per heavy atom. The van der Waals surface area contributed by atoms with Gasteiger partial charge in [0.05, 0.1) is 11.4 Å². The number of sulfonamides is 1. The van der Waals surface area contributed by atoms with E-state index in [0.29, 0.717) is 18.3 Å². The van der Waals surface area contributed by atoms with Crippen LogP contribution in [0.1, 0.15) is 26.7 Å². The van der Waals surface area contributed by atoms with Crippen molar-refractivity contribution >= 4 is 27.5 Å². The van der Waals surface area contributed by atoms with Gasteiger partial charge in [0.15, 0.2) is 0 Å². The van der Waals surface area contributed by atoms with Crippen LogP contribution in [0.25, 0.3) is 0 Å². The number of anilines is 1. The third-order valence-electron chi connectivity index (χ3n) is 4.69. The second kappa shape index (κ2) is 9.29. The molecule has 0 bridgehead atoms. The van der Waals surface area contributed by atoms with E-state index in [1.54, 1.807) is 0 Å². The van der Waals surface area contributed by atoms with E-state index in [1.807, 2.05) is 0 Å². The summed E-state index contributed by atoms with van der Waals surface area (Å²) in [6.07, 6.45) is 2.17. The molecule has 1 aromatic rings. The zero-order valence-corrected chi connectivity index (χ0v) is 16.9. The normalized spacial score (nSPS) is 17.9. The second-order valence-corrected chi connectivity index (χ2v) is 8.74. The van der Waals surface area contributed by atoms with Gasteiger partial charge in [-0.15, -0.1) is 0 Å². The number of likely N-dealkylation sites (tertiary alicyclic amines) is 1. The van der Waals surface area contributed by atoms with Crippen LogP contribution < -0.4 is 10.6 Å². The fourth-order valence-corrected chi connectivity index (χ4v) is 4.34. The smallest absolute Gasteiger partial charge is 0.243 e. The summed E-state index contributed by atoms with van der Waals surface area (Å²) in [5, 5.41) is 5.42. The lowest BCUT2D eigenvalue weighted by Gasteiger charge is -2.23. The molecule has 1 fully saturated rings. The molecule has 2 rings (SSSR count). The first-order chi connectivity index (χ1) is 12.7. The monoisotopic (exact) mass is 396 g/mol. The molecule has 1 aromatic carbocycles. The van der Waals surface area contributed by atoms with Crippen LogP contribution in [0.3, 0.4) is 0 Å². The van der Waals surface area contributed by atoms with Gasteiger partial charge in [-0.1, -0.05) is 6.92 Å². The molecule has 2 amide bonds. The topological polar surface area (TPSA) is 98.8 Å². The van der Waals surface area contributed by atoms with Gasteiger partial charge in [-0.3, -0.25) is 14.5 Å². The van der Waals surface area contributed by atoms with Gasteiger partial charge in [0.25, 0.3) is 0 Å². The summed E-state index contributed by atoms with van der Waals surface area (Å²) in [4.78, 5) is 25.6. The summed E-state index contributed by atoms with van der Waals surface area (Å²) in [5.41, 5.74) is 0.513. The molecule has 27 heavy (non-hydrogen) atoms. The molecule has 150 valence electrons. The summed E-state index contributed by atoms with van der Waals surface area (Å²) in [6.45, 7) is 5.75. The van der Waals surface area contributed by atoms with E-state index in [4.69, 9.17) is 0 Å². The van der Waals surface area contributed by atoms with Gasteiger partial charge >= 0.3 is 0 Å². The van der Waals surface area contributed by atoms with Crippen molar-refractivity contribution in [3.63, 3.8) is 0 Å². The quantitative estimate of drug-likeness (QED) is 0.679. The molecule has 8 nitrogen and oxygen atoms in total. The molecule has 0 radical (unpaired) electrons. The predicted molar refractivity (Wildman–Crippen MR) is 104 cm³/mol. The first kappa shape index (κ1) is 21.3. The molecule has 2 N–H and O–H groups in total. The number of nitrogens with zero attached hydrogens (tertiary/aromatic N) is 2. The molecular formula is C18H28N4O4S. The van der Waals surface area contributed by atoms with Gasteiger partial charge in [0.1, 0.15) is 0 Å². The molecular weight excluding hydrogens is 368 g/mol. The van der Waals surface area contributed by atoms with Crippen molar-refractivity contribution in [2.24, 2.45) is 0 Å². The Hall–Kier alpha value is -1.97. The van der Waals surface area contributed by atoms with Crippen molar-refractivity contribution in [2.45, 2.75) is 37.6 Å². The Balaban J connectivity index is 1.92. The summed E-state index contributed by atoms with van der Waals surface area (Å²) in [5.74, 6) is -0.554. The SMILES string of the molecule is CCN1CCC[C@@H]1CNC(=O)CN(C)S(=O)(=O)c1ccc(NC(C)=O)cc1. The van der Waals surface area contributed by atoms with E-state index in [9.17, 15) is 18.0 Å². The van der Waals surface area contributed by atoms with E-state index in [1.165, 1.54) is 38.2 Å². The van der Waals surface area contributed by atoms with E-state index in [0.717, 1.165) is 30.2 Å². The largest absolute Gasteiger partial charge is 0.353 e. The zero-order valence-electron chi connectivity index (χ0n) is 16.1. The number of rotatable bonds is 8. The fraction of sp³-hybridized carbons (Fsp3) is 0.556. The van der Waals surface area contributed by atoms with Crippen molar-refractivity contribution < 1.29 is 18.0 Å². The Bertz CT molecular complexity index is 764. The van der Waals surface area contributed by atoms with Crippen LogP contribution in [-0.2, 0) is 19.6 Å². The van der Waals surface area contributed by atoms with E-state index in [2.05, 4.69) is 22.5 Å². The minimum absolute atomic E-state index is 0.0693. The van der Waals surface area contributed by atoms with Crippen molar-refractivity contribution in [3.05, 3.63) is 24.3 Å². The van der Waals surface area contributed by atoms with Crippen LogP contribution in [0.5, 0.6) is 0 Å². The Kier molecular flexibility index (Phi) is 7.34. The summed E-state index contributed by atoms with van der Waals surface area (Å²) in [7, 11) is -2.40. The first-order valence-electron chi connectivity index (χ1n) is 9.08. The van der Waals surface area contributed by atoms with E-state index < -0.39 is 10.0 Å². The van der Waals surface area contributed by atoms with Crippen molar-refractivity contribution in [2.75, 3.05) is 38.5 Å². The van der Waals surface area contributed by atoms with Crippen LogP contribution in [-0.4, -0.2) is 68.7 Å². The Morgan fingerprint density at radius 1 is 1.26 bits per heavy atom. The lowest BCUT2D eigenvalue weighted by molar-refractivity contribution is -0.121. The minimum Gasteiger partial charge on any atom is -0.353 e. The molecule has 0 unspecified atom stereocenters. The number of nitrogens with one attached hydrogen (secondary N) is 2. The van der Waals surface area contributed by atoms with Crippen LogP contribution >= 0.6 is 0 Å². The molecule has 1 heterocycles. The predicted octanol–water partition coefficient (Wildman–Crippen LogP) is 0.866. The molecule has 1 aliphatic heterocycles. The molecule has 9 heteroatoms. The molecule has 0 saturated carbocycles. The first-order valence-corrected chi connectivity index (χ1v) is 10.5. The summed E-state index contributed by atoms with van der Waals surface area (Å²) < 4.78 is 26.3. The zero-order chi connectivity index (χ0) is 20.0. The number of amides is 2. The standard InChI is InChI=1S/C18H28N4O4S/c1-4-22-11-5-6-16(22)12-19-18(24)13-21(3)27(25,26)17-9-7-15(8-10-17)20-14(2)23/h7-10,16H,4-6,11-13H2,1-3H3,(H,19,24)(H,20,23)/t16-/m1/s1. The number of carbonyl (C=O) groups is 2. The molecule has 1 atom stereocenters.